The molecule has 0 spiro atoms. The van der Waals surface area contributed by atoms with Crippen molar-refractivity contribution in [3.8, 4) is 0 Å². The molecule has 1 fully saturated rings. The van der Waals surface area contributed by atoms with Crippen molar-refractivity contribution < 1.29 is 14.2 Å². The second kappa shape index (κ2) is 11.9. The number of anilines is 1. The van der Waals surface area contributed by atoms with Crippen LogP contribution in [0.3, 0.4) is 0 Å². The number of benzene rings is 1. The summed E-state index contributed by atoms with van der Waals surface area (Å²) >= 11 is 6.02. The Hall–Kier alpha value is -3.74. The number of hydrogen-bond donors (Lipinski definition) is 3. The van der Waals surface area contributed by atoms with E-state index < -0.39 is 5.03 Å². The Morgan fingerprint density at radius 3 is 2.59 bits per heavy atom. The number of nitro groups is 1. The molecule has 13 heteroatoms. The number of morpholine rings is 1. The van der Waals surface area contributed by atoms with Crippen LogP contribution in [-0.4, -0.2) is 61.2 Å². The lowest BCUT2D eigenvalue weighted by molar-refractivity contribution is -0.524. The van der Waals surface area contributed by atoms with Gasteiger partial charge in [-0.1, -0.05) is 35.8 Å². The first-order valence-corrected chi connectivity index (χ1v) is 10.7. The fourth-order valence-corrected chi connectivity index (χ4v) is 3.25. The van der Waals surface area contributed by atoms with Crippen LogP contribution in [0.4, 0.5) is 11.8 Å². The molecular weight excluding hydrogens is 464 g/mol. The van der Waals surface area contributed by atoms with Crippen molar-refractivity contribution >= 4 is 46.0 Å². The standard InChI is InChI=1S/C19H18ClN7O4.C2H7N/c20-15-11-14-17(31-15)18(26-6-8-30-9-7-26)24-19(22-14)23-16(25-27(28)29)10-13(21)12-4-2-1-3-5-12;1-3-2/h1-5,10-11H,6-9,21H2,(H,22,23,24,25);3H,1-2H3/b13-10-;. The number of halogens is 1. The van der Waals surface area contributed by atoms with Crippen LogP contribution in [0.1, 0.15) is 5.56 Å². The number of rotatable bonds is 5. The summed E-state index contributed by atoms with van der Waals surface area (Å²) in [5.74, 6) is 0.348. The largest absolute Gasteiger partial charge is 0.439 e. The number of fused-ring (bicyclic) bond motifs is 1. The van der Waals surface area contributed by atoms with Crippen LogP contribution >= 0.6 is 11.6 Å². The fourth-order valence-electron chi connectivity index (χ4n) is 3.07. The molecule has 2 aromatic heterocycles. The van der Waals surface area contributed by atoms with Gasteiger partial charge in [0.05, 0.1) is 13.2 Å². The van der Waals surface area contributed by atoms with E-state index in [9.17, 15) is 10.1 Å². The zero-order valence-electron chi connectivity index (χ0n) is 18.7. The Morgan fingerprint density at radius 2 is 1.94 bits per heavy atom. The number of aliphatic imine (C=N–C) groups is 1. The fraction of sp³-hybridized carbons (Fsp3) is 0.286. The lowest BCUT2D eigenvalue weighted by Gasteiger charge is -2.27. The van der Waals surface area contributed by atoms with Crippen molar-refractivity contribution in [3.63, 3.8) is 0 Å². The maximum Gasteiger partial charge on any atom is 0.254 e. The van der Waals surface area contributed by atoms with E-state index in [1.807, 2.05) is 42.6 Å². The highest BCUT2D eigenvalue weighted by atomic mass is 35.5. The van der Waals surface area contributed by atoms with Crippen molar-refractivity contribution in [3.05, 3.63) is 63.4 Å². The molecule has 0 amide bonds. The zero-order valence-corrected chi connectivity index (χ0v) is 19.5. The number of aromatic nitrogens is 2. The SMILES string of the molecule is CNC.N/C(=C\C(=N/c1nc(N2CCOCC2)c2oc(Cl)cc2n1)N[N+](=O)[O-])c1ccccc1. The Morgan fingerprint density at radius 1 is 1.26 bits per heavy atom. The van der Waals surface area contributed by atoms with Crippen LogP contribution in [0, 0.1) is 10.1 Å². The summed E-state index contributed by atoms with van der Waals surface area (Å²) in [7, 11) is 3.75. The molecule has 4 rings (SSSR count). The second-order valence-corrected chi connectivity index (χ2v) is 7.42. The number of nitrogens with one attached hydrogen (secondary N) is 2. The van der Waals surface area contributed by atoms with Gasteiger partial charge in [0.1, 0.15) is 5.52 Å². The number of nitrogens with zero attached hydrogens (tertiary/aromatic N) is 5. The van der Waals surface area contributed by atoms with Crippen LogP contribution in [0.2, 0.25) is 5.22 Å². The molecule has 0 atom stereocenters. The molecule has 12 nitrogen and oxygen atoms in total. The third kappa shape index (κ3) is 6.63. The molecule has 1 aromatic carbocycles. The number of nitrogens with two attached hydrogens (primary N) is 1. The molecule has 0 unspecified atom stereocenters. The molecule has 0 saturated carbocycles. The van der Waals surface area contributed by atoms with Crippen molar-refractivity contribution in [2.24, 2.45) is 10.7 Å². The number of furan rings is 1. The highest BCUT2D eigenvalue weighted by molar-refractivity contribution is 6.29. The molecule has 0 aliphatic carbocycles. The first kappa shape index (κ1) is 24.9. The third-order valence-electron chi connectivity index (χ3n) is 4.45. The van der Waals surface area contributed by atoms with Crippen molar-refractivity contribution in [1.82, 2.24) is 20.7 Å². The van der Waals surface area contributed by atoms with Gasteiger partial charge in [-0.15, -0.1) is 0 Å². The first-order valence-electron chi connectivity index (χ1n) is 10.3. The molecule has 3 heterocycles. The first-order chi connectivity index (χ1) is 16.4. The zero-order chi connectivity index (χ0) is 24.5. The highest BCUT2D eigenvalue weighted by Crippen LogP contribution is 2.31. The summed E-state index contributed by atoms with van der Waals surface area (Å²) in [4.78, 5) is 26.0. The molecule has 1 aliphatic rings. The molecular formula is C21H25ClN8O4. The summed E-state index contributed by atoms with van der Waals surface area (Å²) in [5, 5.41) is 13.3. The van der Waals surface area contributed by atoms with E-state index in [4.69, 9.17) is 26.5 Å². The molecule has 1 saturated heterocycles. The van der Waals surface area contributed by atoms with Crippen molar-refractivity contribution in [2.45, 2.75) is 0 Å². The van der Waals surface area contributed by atoms with Crippen LogP contribution in [-0.2, 0) is 4.74 Å². The van der Waals surface area contributed by atoms with Crippen LogP contribution in [0.15, 0.2) is 51.9 Å². The van der Waals surface area contributed by atoms with Crippen molar-refractivity contribution in [2.75, 3.05) is 45.3 Å². The Balaban J connectivity index is 0.00000103. The summed E-state index contributed by atoms with van der Waals surface area (Å²) < 4.78 is 10.9. The minimum Gasteiger partial charge on any atom is -0.439 e. The van der Waals surface area contributed by atoms with Gasteiger partial charge >= 0.3 is 0 Å². The third-order valence-corrected chi connectivity index (χ3v) is 4.63. The molecule has 0 radical (unpaired) electrons. The van der Waals surface area contributed by atoms with E-state index in [1.54, 1.807) is 12.1 Å². The summed E-state index contributed by atoms with van der Waals surface area (Å²) in [5.41, 5.74) is 9.94. The number of ether oxygens (including phenoxy) is 1. The lowest BCUT2D eigenvalue weighted by atomic mass is 10.1. The number of hydrazine groups is 1. The molecule has 180 valence electrons. The minimum atomic E-state index is -0.732. The van der Waals surface area contributed by atoms with E-state index in [0.29, 0.717) is 48.8 Å². The maximum absolute atomic E-state index is 11.1. The smallest absolute Gasteiger partial charge is 0.254 e. The summed E-state index contributed by atoms with van der Waals surface area (Å²) in [6.45, 7) is 2.24. The van der Waals surface area contributed by atoms with E-state index >= 15 is 0 Å². The van der Waals surface area contributed by atoms with Gasteiger partial charge in [0.25, 0.3) is 5.95 Å². The van der Waals surface area contributed by atoms with Gasteiger partial charge in [0.15, 0.2) is 27.5 Å². The number of amidine groups is 1. The normalized spacial score (nSPS) is 14.5. The van der Waals surface area contributed by atoms with Gasteiger partial charge in [-0.3, -0.25) is 0 Å². The molecule has 34 heavy (non-hydrogen) atoms. The van der Waals surface area contributed by atoms with Crippen LogP contribution in [0.5, 0.6) is 0 Å². The number of hydrogen-bond acceptors (Lipinski definition) is 10. The van der Waals surface area contributed by atoms with Crippen LogP contribution in [0.25, 0.3) is 16.8 Å². The van der Waals surface area contributed by atoms with Gasteiger partial charge in [-0.25, -0.2) is 15.1 Å². The van der Waals surface area contributed by atoms with E-state index in [2.05, 4.69) is 20.3 Å². The van der Waals surface area contributed by atoms with Gasteiger partial charge < -0.3 is 25.1 Å². The van der Waals surface area contributed by atoms with Gasteiger partial charge in [0.2, 0.25) is 0 Å². The van der Waals surface area contributed by atoms with E-state index in [1.165, 1.54) is 12.1 Å². The average Bonchev–Trinajstić information content (AvgIpc) is 3.19. The lowest BCUT2D eigenvalue weighted by Crippen LogP contribution is -2.36. The summed E-state index contributed by atoms with van der Waals surface area (Å²) in [6, 6.07) is 10.6. The molecule has 4 N–H and O–H groups in total. The predicted octanol–water partition coefficient (Wildman–Crippen LogP) is 2.36. The second-order valence-electron chi connectivity index (χ2n) is 7.04. The van der Waals surface area contributed by atoms with E-state index in [-0.39, 0.29) is 22.7 Å². The summed E-state index contributed by atoms with van der Waals surface area (Å²) in [6.07, 6.45) is 1.35. The minimum absolute atomic E-state index is 0.00656. The highest BCUT2D eigenvalue weighted by Gasteiger charge is 2.21. The van der Waals surface area contributed by atoms with Crippen LogP contribution < -0.4 is 21.4 Å². The maximum atomic E-state index is 11.1. The Kier molecular flexibility index (Phi) is 8.73. The Bertz CT molecular complexity index is 1180. The van der Waals surface area contributed by atoms with Gasteiger partial charge in [0, 0.05) is 30.9 Å². The average molecular weight is 489 g/mol. The van der Waals surface area contributed by atoms with E-state index in [0.717, 1.165) is 0 Å². The quantitative estimate of drug-likeness (QED) is 0.211. The molecule has 0 bridgehead atoms. The Labute approximate surface area is 200 Å². The monoisotopic (exact) mass is 488 g/mol. The molecule has 3 aromatic rings. The van der Waals surface area contributed by atoms with Gasteiger partial charge in [-0.05, 0) is 31.3 Å². The molecule has 1 aliphatic heterocycles. The predicted molar refractivity (Wildman–Crippen MR) is 131 cm³/mol. The van der Waals surface area contributed by atoms with Gasteiger partial charge in [-0.2, -0.15) is 9.98 Å². The van der Waals surface area contributed by atoms with Crippen molar-refractivity contribution in [1.29, 1.82) is 0 Å². The topological polar surface area (TPSA) is 157 Å².